The zero-order valence-electron chi connectivity index (χ0n) is 9.91. The normalized spacial score (nSPS) is 11.4. The minimum absolute atomic E-state index is 0.491. The molecule has 1 heterocycles. The predicted octanol–water partition coefficient (Wildman–Crippen LogP) is 1.68. The summed E-state index contributed by atoms with van der Waals surface area (Å²) in [6, 6.07) is 2.25. The Hall–Kier alpha value is -0.960. The van der Waals surface area contributed by atoms with E-state index < -0.39 is 5.41 Å². The number of hydrogen-bond donors (Lipinski definition) is 1. The summed E-state index contributed by atoms with van der Waals surface area (Å²) in [6.45, 7) is 6.00. The Bertz CT molecular complexity index is 368. The number of methoxy groups -OCH3 is 1. The van der Waals surface area contributed by atoms with Crippen molar-refractivity contribution < 1.29 is 4.74 Å². The molecule has 0 saturated carbocycles. The summed E-state index contributed by atoms with van der Waals surface area (Å²) in [7, 11) is 1.68. The molecule has 5 heteroatoms. The minimum atomic E-state index is -0.491. The average molecular weight is 239 g/mol. The highest BCUT2D eigenvalue weighted by Gasteiger charge is 2.23. The number of ether oxygens (including phenoxy) is 1. The van der Waals surface area contributed by atoms with E-state index in [9.17, 15) is 0 Å². The molecule has 1 rings (SSSR count). The number of thiazole rings is 1. The third kappa shape index (κ3) is 3.56. The van der Waals surface area contributed by atoms with Crippen LogP contribution in [0.25, 0.3) is 0 Å². The van der Waals surface area contributed by atoms with Crippen molar-refractivity contribution in [3.8, 4) is 6.07 Å². The highest BCUT2D eigenvalue weighted by atomic mass is 32.1. The third-order valence-corrected chi connectivity index (χ3v) is 3.37. The van der Waals surface area contributed by atoms with Crippen molar-refractivity contribution in [1.29, 1.82) is 5.26 Å². The lowest BCUT2D eigenvalue weighted by Gasteiger charge is -2.10. The van der Waals surface area contributed by atoms with Gasteiger partial charge in [-0.1, -0.05) is 0 Å². The summed E-state index contributed by atoms with van der Waals surface area (Å²) in [4.78, 5) is 4.44. The van der Waals surface area contributed by atoms with E-state index in [2.05, 4.69) is 16.4 Å². The lowest BCUT2D eigenvalue weighted by Crippen LogP contribution is -2.19. The molecule has 1 aromatic rings. The van der Waals surface area contributed by atoms with Crippen LogP contribution < -0.4 is 5.32 Å². The highest BCUT2D eigenvalue weighted by Crippen LogP contribution is 2.25. The summed E-state index contributed by atoms with van der Waals surface area (Å²) < 4.78 is 4.93. The van der Waals surface area contributed by atoms with Gasteiger partial charge in [0.1, 0.15) is 10.4 Å². The van der Waals surface area contributed by atoms with E-state index in [0.717, 1.165) is 23.8 Å². The molecule has 0 aliphatic rings. The van der Waals surface area contributed by atoms with Crippen LogP contribution >= 0.6 is 11.3 Å². The van der Waals surface area contributed by atoms with Gasteiger partial charge < -0.3 is 10.1 Å². The molecule has 4 nitrogen and oxygen atoms in total. The van der Waals surface area contributed by atoms with Crippen LogP contribution in [0.2, 0.25) is 0 Å². The zero-order valence-corrected chi connectivity index (χ0v) is 10.7. The molecule has 16 heavy (non-hydrogen) atoms. The van der Waals surface area contributed by atoms with Crippen LogP contribution in [0, 0.1) is 11.3 Å². The molecule has 1 aromatic heterocycles. The fourth-order valence-corrected chi connectivity index (χ4v) is 2.01. The number of aromatic nitrogens is 1. The Morgan fingerprint density at radius 3 is 3.00 bits per heavy atom. The standard InChI is InChI=1S/C11H17N3OS/c1-11(2,8-12)10-14-9(7-16-10)6-13-4-5-15-3/h7,13H,4-6H2,1-3H3. The topological polar surface area (TPSA) is 57.9 Å². The Labute approximate surface area is 100 Å². The van der Waals surface area contributed by atoms with Crippen molar-refractivity contribution in [3.63, 3.8) is 0 Å². The van der Waals surface area contributed by atoms with Crippen LogP contribution in [-0.4, -0.2) is 25.2 Å². The first kappa shape index (κ1) is 13.1. The van der Waals surface area contributed by atoms with Crippen LogP contribution in [0.15, 0.2) is 5.38 Å². The predicted molar refractivity (Wildman–Crippen MR) is 64.3 cm³/mol. The second-order valence-corrected chi connectivity index (χ2v) is 4.91. The molecular weight excluding hydrogens is 222 g/mol. The van der Waals surface area contributed by atoms with Gasteiger partial charge in [0.15, 0.2) is 0 Å². The largest absolute Gasteiger partial charge is 0.383 e. The fraction of sp³-hybridized carbons (Fsp3) is 0.636. The van der Waals surface area contributed by atoms with Gasteiger partial charge in [0.25, 0.3) is 0 Å². The molecule has 0 unspecified atom stereocenters. The zero-order chi connectivity index (χ0) is 12.0. The number of nitrogens with one attached hydrogen (secondary N) is 1. The lowest BCUT2D eigenvalue weighted by molar-refractivity contribution is 0.199. The lowest BCUT2D eigenvalue weighted by atomic mass is 9.97. The number of hydrogen-bond acceptors (Lipinski definition) is 5. The molecule has 0 amide bonds. The first-order valence-electron chi connectivity index (χ1n) is 5.16. The van der Waals surface area contributed by atoms with Gasteiger partial charge in [-0.25, -0.2) is 4.98 Å². The highest BCUT2D eigenvalue weighted by molar-refractivity contribution is 7.09. The van der Waals surface area contributed by atoms with Crippen molar-refractivity contribution in [2.45, 2.75) is 25.8 Å². The molecule has 1 N–H and O–H groups in total. The van der Waals surface area contributed by atoms with Crippen LogP contribution in [0.5, 0.6) is 0 Å². The maximum atomic E-state index is 8.99. The third-order valence-electron chi connectivity index (χ3n) is 2.15. The molecular formula is C11H17N3OS. The van der Waals surface area contributed by atoms with E-state index in [-0.39, 0.29) is 0 Å². The molecule has 88 valence electrons. The minimum Gasteiger partial charge on any atom is -0.383 e. The second kappa shape index (κ2) is 5.94. The Kier molecular flexibility index (Phi) is 4.87. The molecule has 0 aromatic carbocycles. The first-order chi connectivity index (χ1) is 7.60. The van der Waals surface area contributed by atoms with E-state index in [1.807, 2.05) is 19.2 Å². The molecule has 0 spiro atoms. The van der Waals surface area contributed by atoms with E-state index in [0.29, 0.717) is 6.61 Å². The molecule has 0 saturated heterocycles. The summed E-state index contributed by atoms with van der Waals surface area (Å²) in [5.41, 5.74) is 0.495. The summed E-state index contributed by atoms with van der Waals surface area (Å²) in [6.07, 6.45) is 0. The summed E-state index contributed by atoms with van der Waals surface area (Å²) in [5, 5.41) is 15.1. The van der Waals surface area contributed by atoms with Crippen molar-refractivity contribution >= 4 is 11.3 Å². The Morgan fingerprint density at radius 2 is 2.38 bits per heavy atom. The van der Waals surface area contributed by atoms with Crippen molar-refractivity contribution in [2.24, 2.45) is 0 Å². The molecule has 0 radical (unpaired) electrons. The smallest absolute Gasteiger partial charge is 0.113 e. The number of nitrogens with zero attached hydrogens (tertiary/aromatic N) is 2. The van der Waals surface area contributed by atoms with Crippen molar-refractivity contribution in [2.75, 3.05) is 20.3 Å². The van der Waals surface area contributed by atoms with E-state index in [1.165, 1.54) is 11.3 Å². The van der Waals surface area contributed by atoms with Gasteiger partial charge in [-0.3, -0.25) is 0 Å². The van der Waals surface area contributed by atoms with Gasteiger partial charge >= 0.3 is 0 Å². The Morgan fingerprint density at radius 1 is 1.62 bits per heavy atom. The maximum absolute atomic E-state index is 8.99. The first-order valence-corrected chi connectivity index (χ1v) is 6.04. The fourth-order valence-electron chi connectivity index (χ4n) is 1.11. The molecule has 0 aliphatic carbocycles. The van der Waals surface area contributed by atoms with Gasteiger partial charge in [-0.2, -0.15) is 5.26 Å². The van der Waals surface area contributed by atoms with Gasteiger partial charge in [0.2, 0.25) is 0 Å². The van der Waals surface area contributed by atoms with Crippen LogP contribution in [-0.2, 0) is 16.7 Å². The molecule has 0 bridgehead atoms. The average Bonchev–Trinajstić information content (AvgIpc) is 2.74. The second-order valence-electron chi connectivity index (χ2n) is 4.05. The van der Waals surface area contributed by atoms with Gasteiger partial charge in [0.05, 0.1) is 18.4 Å². The van der Waals surface area contributed by atoms with E-state index in [4.69, 9.17) is 10.00 Å². The Balaban J connectivity index is 2.50. The van der Waals surface area contributed by atoms with Gasteiger partial charge in [-0.05, 0) is 13.8 Å². The molecule has 0 atom stereocenters. The molecule has 0 fully saturated rings. The van der Waals surface area contributed by atoms with Crippen LogP contribution in [0.3, 0.4) is 0 Å². The SMILES string of the molecule is COCCNCc1csc(C(C)(C)C#N)n1. The number of rotatable bonds is 6. The van der Waals surface area contributed by atoms with Gasteiger partial charge in [-0.15, -0.1) is 11.3 Å². The summed E-state index contributed by atoms with van der Waals surface area (Å²) in [5.74, 6) is 0. The quantitative estimate of drug-likeness (QED) is 0.767. The van der Waals surface area contributed by atoms with Crippen LogP contribution in [0.4, 0.5) is 0 Å². The van der Waals surface area contributed by atoms with E-state index in [1.54, 1.807) is 7.11 Å². The summed E-state index contributed by atoms with van der Waals surface area (Å²) >= 11 is 1.54. The van der Waals surface area contributed by atoms with E-state index >= 15 is 0 Å². The van der Waals surface area contributed by atoms with Gasteiger partial charge in [0, 0.05) is 25.6 Å². The number of nitriles is 1. The molecule has 0 aliphatic heterocycles. The van der Waals surface area contributed by atoms with Crippen LogP contribution in [0.1, 0.15) is 24.5 Å². The van der Waals surface area contributed by atoms with Crippen molar-refractivity contribution in [3.05, 3.63) is 16.1 Å². The van der Waals surface area contributed by atoms with Crippen molar-refractivity contribution in [1.82, 2.24) is 10.3 Å². The maximum Gasteiger partial charge on any atom is 0.113 e. The monoisotopic (exact) mass is 239 g/mol.